The zero-order valence-corrected chi connectivity index (χ0v) is 12.0. The average Bonchev–Trinajstić information content (AvgIpc) is 2.26. The molecule has 6 heteroatoms. The fraction of sp³-hybridized carbons (Fsp3) is 1.00. The van der Waals surface area contributed by atoms with Crippen molar-refractivity contribution in [1.82, 2.24) is 9.44 Å². The van der Waals surface area contributed by atoms with E-state index in [1.54, 1.807) is 0 Å². The summed E-state index contributed by atoms with van der Waals surface area (Å²) in [5.74, 6) is 0.401. The number of rotatable bonds is 9. The first-order chi connectivity index (χ1) is 7.82. The second-order valence-corrected chi connectivity index (χ2v) is 6.32. The third kappa shape index (κ3) is 7.70. The van der Waals surface area contributed by atoms with Gasteiger partial charge in [-0.05, 0) is 11.8 Å². The van der Waals surface area contributed by atoms with Crippen LogP contribution < -0.4 is 9.44 Å². The minimum atomic E-state index is -3.48. The zero-order chi connectivity index (χ0) is 13.5. The summed E-state index contributed by atoms with van der Waals surface area (Å²) in [6.45, 7) is 8.31. The van der Waals surface area contributed by atoms with E-state index in [9.17, 15) is 13.5 Å². The molecule has 0 rings (SSSR count). The van der Waals surface area contributed by atoms with Gasteiger partial charge in [-0.2, -0.15) is 13.1 Å². The van der Waals surface area contributed by atoms with Gasteiger partial charge < -0.3 is 5.11 Å². The standard InChI is InChI=1S/C11H26N2O3S/c1-5-10(6-2)11(14)8-13-17(15,16)12-7-9(3)4/h9-14H,5-8H2,1-4H3. The fourth-order valence-electron chi connectivity index (χ4n) is 1.52. The van der Waals surface area contributed by atoms with Crippen LogP contribution in [0.2, 0.25) is 0 Å². The van der Waals surface area contributed by atoms with Gasteiger partial charge in [0.25, 0.3) is 10.2 Å². The van der Waals surface area contributed by atoms with Crippen molar-refractivity contribution < 1.29 is 13.5 Å². The van der Waals surface area contributed by atoms with Crippen molar-refractivity contribution in [2.45, 2.75) is 46.6 Å². The molecule has 0 aliphatic rings. The molecule has 0 heterocycles. The van der Waals surface area contributed by atoms with Gasteiger partial charge in [-0.15, -0.1) is 0 Å². The molecule has 0 bridgehead atoms. The van der Waals surface area contributed by atoms with Crippen LogP contribution in [0.3, 0.4) is 0 Å². The maximum Gasteiger partial charge on any atom is 0.277 e. The molecule has 0 radical (unpaired) electrons. The van der Waals surface area contributed by atoms with E-state index in [0.29, 0.717) is 6.54 Å². The second kappa shape index (κ2) is 8.02. The number of hydrogen-bond donors (Lipinski definition) is 3. The SMILES string of the molecule is CCC(CC)C(O)CNS(=O)(=O)NCC(C)C. The Labute approximate surface area is 105 Å². The summed E-state index contributed by atoms with van der Waals surface area (Å²) < 4.78 is 27.8. The molecule has 0 aromatic heterocycles. The first-order valence-corrected chi connectivity index (χ1v) is 7.73. The van der Waals surface area contributed by atoms with Gasteiger partial charge in [0.2, 0.25) is 0 Å². The topological polar surface area (TPSA) is 78.4 Å². The summed E-state index contributed by atoms with van der Waals surface area (Å²) in [4.78, 5) is 0. The molecule has 0 aliphatic heterocycles. The van der Waals surface area contributed by atoms with E-state index >= 15 is 0 Å². The molecular formula is C11H26N2O3S. The van der Waals surface area contributed by atoms with Gasteiger partial charge in [0.1, 0.15) is 0 Å². The van der Waals surface area contributed by atoms with Gasteiger partial charge in [-0.3, -0.25) is 0 Å². The second-order valence-electron chi connectivity index (χ2n) is 4.74. The van der Waals surface area contributed by atoms with Crippen LogP contribution >= 0.6 is 0 Å². The molecule has 104 valence electrons. The predicted molar refractivity (Wildman–Crippen MR) is 69.8 cm³/mol. The van der Waals surface area contributed by atoms with E-state index in [-0.39, 0.29) is 18.4 Å². The molecule has 0 amide bonds. The Morgan fingerprint density at radius 1 is 1.06 bits per heavy atom. The summed E-state index contributed by atoms with van der Waals surface area (Å²) in [7, 11) is -3.48. The van der Waals surface area contributed by atoms with Crippen LogP contribution in [0.4, 0.5) is 0 Å². The Morgan fingerprint density at radius 2 is 1.53 bits per heavy atom. The molecule has 0 spiro atoms. The highest BCUT2D eigenvalue weighted by Crippen LogP contribution is 2.12. The van der Waals surface area contributed by atoms with Crippen molar-refractivity contribution in [3.8, 4) is 0 Å². The van der Waals surface area contributed by atoms with Gasteiger partial charge in [0.15, 0.2) is 0 Å². The van der Waals surface area contributed by atoms with Crippen LogP contribution in [0.15, 0.2) is 0 Å². The Hall–Kier alpha value is -0.170. The summed E-state index contributed by atoms with van der Waals surface area (Å²) >= 11 is 0. The minimum absolute atomic E-state index is 0.0692. The molecular weight excluding hydrogens is 240 g/mol. The lowest BCUT2D eigenvalue weighted by molar-refractivity contribution is 0.107. The molecule has 5 nitrogen and oxygen atoms in total. The summed E-state index contributed by atoms with van der Waals surface area (Å²) in [5.41, 5.74) is 0. The van der Waals surface area contributed by atoms with Gasteiger partial charge in [-0.25, -0.2) is 4.72 Å². The molecule has 0 fully saturated rings. The van der Waals surface area contributed by atoms with E-state index in [1.807, 2.05) is 27.7 Å². The van der Waals surface area contributed by atoms with E-state index in [1.165, 1.54) is 0 Å². The lowest BCUT2D eigenvalue weighted by Crippen LogP contribution is -2.43. The van der Waals surface area contributed by atoms with E-state index in [2.05, 4.69) is 9.44 Å². The van der Waals surface area contributed by atoms with Crippen molar-refractivity contribution in [3.63, 3.8) is 0 Å². The lowest BCUT2D eigenvalue weighted by atomic mass is 9.97. The van der Waals surface area contributed by atoms with Gasteiger partial charge in [0, 0.05) is 13.1 Å². The quantitative estimate of drug-likeness (QED) is 0.579. The van der Waals surface area contributed by atoms with Crippen LogP contribution in [-0.2, 0) is 10.2 Å². The molecule has 0 aromatic carbocycles. The number of nitrogens with one attached hydrogen (secondary N) is 2. The Balaban J connectivity index is 4.08. The number of aliphatic hydroxyl groups excluding tert-OH is 1. The maximum atomic E-state index is 11.5. The maximum absolute atomic E-state index is 11.5. The summed E-state index contributed by atoms with van der Waals surface area (Å²) in [6.07, 6.45) is 1.07. The van der Waals surface area contributed by atoms with E-state index in [4.69, 9.17) is 0 Å². The zero-order valence-electron chi connectivity index (χ0n) is 11.2. The Kier molecular flexibility index (Phi) is 7.94. The Bertz CT molecular complexity index is 287. The fourth-order valence-corrected chi connectivity index (χ4v) is 2.57. The van der Waals surface area contributed by atoms with Gasteiger partial charge in [0.05, 0.1) is 6.10 Å². The molecule has 17 heavy (non-hydrogen) atoms. The van der Waals surface area contributed by atoms with Crippen LogP contribution in [0, 0.1) is 11.8 Å². The third-order valence-corrected chi connectivity index (χ3v) is 3.85. The highest BCUT2D eigenvalue weighted by Gasteiger charge is 2.18. The molecule has 3 N–H and O–H groups in total. The predicted octanol–water partition coefficient (Wildman–Crippen LogP) is 0.864. The van der Waals surface area contributed by atoms with Crippen LogP contribution in [0.5, 0.6) is 0 Å². The highest BCUT2D eigenvalue weighted by atomic mass is 32.2. The molecule has 0 aromatic rings. The number of aliphatic hydroxyl groups is 1. The van der Waals surface area contributed by atoms with Crippen molar-refractivity contribution in [3.05, 3.63) is 0 Å². The molecule has 0 aliphatic carbocycles. The minimum Gasteiger partial charge on any atom is -0.391 e. The molecule has 1 unspecified atom stereocenters. The largest absolute Gasteiger partial charge is 0.391 e. The van der Waals surface area contributed by atoms with Crippen LogP contribution in [0.1, 0.15) is 40.5 Å². The number of hydrogen-bond acceptors (Lipinski definition) is 3. The normalized spacial score (nSPS) is 14.5. The highest BCUT2D eigenvalue weighted by molar-refractivity contribution is 7.87. The van der Waals surface area contributed by atoms with Crippen LogP contribution in [-0.4, -0.2) is 32.7 Å². The van der Waals surface area contributed by atoms with Crippen molar-refractivity contribution in [2.75, 3.05) is 13.1 Å². The lowest BCUT2D eigenvalue weighted by Gasteiger charge is -2.20. The summed E-state index contributed by atoms with van der Waals surface area (Å²) in [5, 5.41) is 9.79. The average molecular weight is 266 g/mol. The molecule has 0 saturated carbocycles. The monoisotopic (exact) mass is 266 g/mol. The molecule has 0 saturated heterocycles. The van der Waals surface area contributed by atoms with E-state index in [0.717, 1.165) is 12.8 Å². The van der Waals surface area contributed by atoms with Gasteiger partial charge in [-0.1, -0.05) is 40.5 Å². The third-order valence-electron chi connectivity index (χ3n) is 2.76. The summed E-state index contributed by atoms with van der Waals surface area (Å²) in [6, 6.07) is 0. The Morgan fingerprint density at radius 3 is 1.94 bits per heavy atom. The van der Waals surface area contributed by atoms with Crippen LogP contribution in [0.25, 0.3) is 0 Å². The van der Waals surface area contributed by atoms with Crippen molar-refractivity contribution >= 4 is 10.2 Å². The van der Waals surface area contributed by atoms with Gasteiger partial charge >= 0.3 is 0 Å². The first-order valence-electron chi connectivity index (χ1n) is 6.24. The first kappa shape index (κ1) is 16.8. The van der Waals surface area contributed by atoms with Crippen molar-refractivity contribution in [1.29, 1.82) is 0 Å². The molecule has 1 atom stereocenters. The van der Waals surface area contributed by atoms with Crippen molar-refractivity contribution in [2.24, 2.45) is 11.8 Å². The smallest absolute Gasteiger partial charge is 0.277 e. The van der Waals surface area contributed by atoms with E-state index < -0.39 is 16.3 Å².